The zero-order valence-electron chi connectivity index (χ0n) is 22.1. The number of halogens is 1. The van der Waals surface area contributed by atoms with Gasteiger partial charge in [-0.1, -0.05) is 70.4 Å². The van der Waals surface area contributed by atoms with Crippen molar-refractivity contribution in [3.63, 3.8) is 0 Å². The van der Waals surface area contributed by atoms with Crippen LogP contribution in [-0.2, 0) is 23.3 Å². The van der Waals surface area contributed by atoms with Crippen LogP contribution in [0.3, 0.4) is 0 Å². The van der Waals surface area contributed by atoms with Crippen LogP contribution in [0.25, 0.3) is 0 Å². The summed E-state index contributed by atoms with van der Waals surface area (Å²) in [5, 5.41) is 2.00. The van der Waals surface area contributed by atoms with E-state index in [4.69, 9.17) is 0 Å². The highest BCUT2D eigenvalue weighted by molar-refractivity contribution is 7.09. The summed E-state index contributed by atoms with van der Waals surface area (Å²) < 4.78 is 13.5. The molecular weight excluding hydrogens is 483 g/mol. The Labute approximate surface area is 224 Å². The smallest absolute Gasteiger partial charge is 0.254 e. The van der Waals surface area contributed by atoms with Crippen LogP contribution in [0.4, 0.5) is 4.39 Å². The second-order valence-corrected chi connectivity index (χ2v) is 12.0. The van der Waals surface area contributed by atoms with Crippen molar-refractivity contribution >= 4 is 23.2 Å². The van der Waals surface area contributed by atoms with E-state index in [-0.39, 0.29) is 35.6 Å². The van der Waals surface area contributed by atoms with Crippen LogP contribution in [0.1, 0.15) is 79.2 Å². The zero-order chi connectivity index (χ0) is 26.4. The fourth-order valence-corrected chi connectivity index (χ4v) is 5.64. The largest absolute Gasteiger partial charge is 0.332 e. The zero-order valence-corrected chi connectivity index (χ0v) is 22.9. The first kappa shape index (κ1) is 27.1. The quantitative estimate of drug-likeness (QED) is 0.315. The molecule has 0 unspecified atom stereocenters. The highest BCUT2D eigenvalue weighted by atomic mass is 32.1. The van der Waals surface area contributed by atoms with Crippen molar-refractivity contribution in [3.05, 3.63) is 93.4 Å². The van der Waals surface area contributed by atoms with Gasteiger partial charge in [-0.25, -0.2) is 4.39 Å². The van der Waals surface area contributed by atoms with Gasteiger partial charge < -0.3 is 9.80 Å². The number of benzene rings is 2. The topological polar surface area (TPSA) is 40.6 Å². The highest BCUT2D eigenvalue weighted by Crippen LogP contribution is 2.27. The molecule has 0 N–H and O–H groups in total. The van der Waals surface area contributed by atoms with E-state index in [9.17, 15) is 14.0 Å². The third kappa shape index (κ3) is 7.29. The summed E-state index contributed by atoms with van der Waals surface area (Å²) >= 11 is 1.60. The third-order valence-electron chi connectivity index (χ3n) is 7.15. The molecule has 0 bridgehead atoms. The normalized spacial score (nSPS) is 14.4. The third-order valence-corrected chi connectivity index (χ3v) is 8.01. The fourth-order valence-electron chi connectivity index (χ4n) is 4.92. The van der Waals surface area contributed by atoms with E-state index in [0.717, 1.165) is 36.1 Å². The Morgan fingerprint density at radius 3 is 2.19 bits per heavy atom. The predicted molar refractivity (Wildman–Crippen MR) is 148 cm³/mol. The van der Waals surface area contributed by atoms with Gasteiger partial charge in [0.25, 0.3) is 5.91 Å². The molecule has 0 spiro atoms. The summed E-state index contributed by atoms with van der Waals surface area (Å²) in [7, 11) is 0. The lowest BCUT2D eigenvalue weighted by Crippen LogP contribution is -2.48. The molecule has 1 aromatic heterocycles. The van der Waals surface area contributed by atoms with Crippen LogP contribution in [0, 0.1) is 5.82 Å². The van der Waals surface area contributed by atoms with Gasteiger partial charge in [0.05, 0.1) is 6.54 Å². The fraction of sp³-hybridized carbons (Fsp3) is 0.419. The van der Waals surface area contributed by atoms with Gasteiger partial charge in [0.2, 0.25) is 5.91 Å². The van der Waals surface area contributed by atoms with E-state index in [1.54, 1.807) is 33.3 Å². The molecule has 0 atom stereocenters. The maximum absolute atomic E-state index is 13.8. The summed E-state index contributed by atoms with van der Waals surface area (Å²) in [5.41, 5.74) is 2.66. The average Bonchev–Trinajstić information content (AvgIpc) is 3.41. The molecule has 1 fully saturated rings. The maximum Gasteiger partial charge on any atom is 0.254 e. The lowest BCUT2D eigenvalue weighted by molar-refractivity contribution is -0.133. The minimum Gasteiger partial charge on any atom is -0.332 e. The van der Waals surface area contributed by atoms with Crippen LogP contribution in [-0.4, -0.2) is 34.2 Å². The Morgan fingerprint density at radius 2 is 1.59 bits per heavy atom. The molecular formula is C31H37FN2O2S. The lowest BCUT2D eigenvalue weighted by atomic mass is 9.86. The molecule has 0 aliphatic heterocycles. The van der Waals surface area contributed by atoms with Gasteiger partial charge >= 0.3 is 0 Å². The van der Waals surface area contributed by atoms with E-state index < -0.39 is 0 Å². The van der Waals surface area contributed by atoms with Gasteiger partial charge in [-0.3, -0.25) is 9.59 Å². The molecule has 1 aliphatic carbocycles. The molecule has 0 radical (unpaired) electrons. The van der Waals surface area contributed by atoms with Crippen molar-refractivity contribution in [2.75, 3.05) is 6.54 Å². The van der Waals surface area contributed by atoms with Gasteiger partial charge in [-0.2, -0.15) is 0 Å². The molecule has 1 saturated carbocycles. The minimum atomic E-state index is -0.300. The number of rotatable bonds is 8. The first-order chi connectivity index (χ1) is 17.7. The monoisotopic (exact) mass is 520 g/mol. The van der Waals surface area contributed by atoms with E-state index in [1.807, 2.05) is 41.8 Å². The molecule has 0 saturated heterocycles. The Bertz CT molecular complexity index is 1160. The average molecular weight is 521 g/mol. The second-order valence-electron chi connectivity index (χ2n) is 11.0. The van der Waals surface area contributed by atoms with Crippen molar-refractivity contribution in [1.29, 1.82) is 0 Å². The van der Waals surface area contributed by atoms with Crippen molar-refractivity contribution in [3.8, 4) is 0 Å². The molecule has 6 heteroatoms. The first-order valence-corrected chi connectivity index (χ1v) is 14.0. The van der Waals surface area contributed by atoms with Crippen LogP contribution in [0.5, 0.6) is 0 Å². The van der Waals surface area contributed by atoms with Crippen molar-refractivity contribution < 1.29 is 14.0 Å². The number of hydrogen-bond donors (Lipinski definition) is 0. The number of thiophene rings is 1. The number of nitrogens with zero attached hydrogens (tertiary/aromatic N) is 2. The molecule has 1 aliphatic rings. The van der Waals surface area contributed by atoms with E-state index in [2.05, 4.69) is 20.8 Å². The molecule has 4 nitrogen and oxygen atoms in total. The van der Waals surface area contributed by atoms with Crippen molar-refractivity contribution in [2.45, 2.75) is 77.4 Å². The Kier molecular flexibility index (Phi) is 8.80. The molecule has 2 amide bonds. The van der Waals surface area contributed by atoms with E-state index in [0.29, 0.717) is 18.7 Å². The van der Waals surface area contributed by atoms with Gasteiger partial charge in [0, 0.05) is 23.0 Å². The molecule has 37 heavy (non-hydrogen) atoms. The van der Waals surface area contributed by atoms with Crippen LogP contribution in [0.2, 0.25) is 0 Å². The standard InChI is InChI=1S/C31H37FN2O2S/c1-31(2,3)25-15-13-24(14-16-25)30(36)34(27-8-5-4-6-9-27)22-29(35)33(21-28-10-7-19-37-28)20-23-11-17-26(32)18-12-23/h7,10-19,27H,4-6,8-9,20-22H2,1-3H3. The van der Waals surface area contributed by atoms with Gasteiger partial charge in [0.15, 0.2) is 0 Å². The SMILES string of the molecule is CC(C)(C)c1ccc(C(=O)N(CC(=O)N(Cc2ccc(F)cc2)Cc2cccs2)C2CCCCC2)cc1. The Balaban J connectivity index is 1.57. The summed E-state index contributed by atoms with van der Waals surface area (Å²) in [6.07, 6.45) is 5.14. The van der Waals surface area contributed by atoms with Crippen molar-refractivity contribution in [2.24, 2.45) is 0 Å². The second kappa shape index (κ2) is 12.0. The molecule has 2 aromatic carbocycles. The Morgan fingerprint density at radius 1 is 0.919 bits per heavy atom. The lowest BCUT2D eigenvalue weighted by Gasteiger charge is -2.35. The van der Waals surface area contributed by atoms with Crippen LogP contribution in [0.15, 0.2) is 66.0 Å². The summed E-state index contributed by atoms with van der Waals surface area (Å²) in [6, 6.07) is 18.1. The van der Waals surface area contributed by atoms with Gasteiger partial charge in [0.1, 0.15) is 12.4 Å². The Hall–Kier alpha value is -2.99. The number of carbonyl (C=O) groups excluding carboxylic acids is 2. The van der Waals surface area contributed by atoms with E-state index >= 15 is 0 Å². The molecule has 1 heterocycles. The summed E-state index contributed by atoms with van der Waals surface area (Å²) in [4.78, 5) is 32.2. The first-order valence-electron chi connectivity index (χ1n) is 13.2. The number of carbonyl (C=O) groups is 2. The minimum absolute atomic E-state index is 0.00322. The summed E-state index contributed by atoms with van der Waals surface area (Å²) in [5.74, 6) is -0.479. The maximum atomic E-state index is 13.8. The molecule has 3 aromatic rings. The van der Waals surface area contributed by atoms with Crippen LogP contribution >= 0.6 is 11.3 Å². The number of amides is 2. The summed E-state index contributed by atoms with van der Waals surface area (Å²) in [6.45, 7) is 7.32. The van der Waals surface area contributed by atoms with Crippen molar-refractivity contribution in [1.82, 2.24) is 9.80 Å². The van der Waals surface area contributed by atoms with Gasteiger partial charge in [-0.15, -0.1) is 11.3 Å². The number of hydrogen-bond acceptors (Lipinski definition) is 3. The molecule has 4 rings (SSSR count). The van der Waals surface area contributed by atoms with Gasteiger partial charge in [-0.05, 0) is 65.1 Å². The van der Waals surface area contributed by atoms with Crippen LogP contribution < -0.4 is 0 Å². The highest BCUT2D eigenvalue weighted by Gasteiger charge is 2.30. The molecule has 196 valence electrons. The van der Waals surface area contributed by atoms with E-state index in [1.165, 1.54) is 24.1 Å². The predicted octanol–water partition coefficient (Wildman–Crippen LogP) is 7.19.